The lowest BCUT2D eigenvalue weighted by Crippen LogP contribution is -2.48. The van der Waals surface area contributed by atoms with E-state index in [1.807, 2.05) is 12.1 Å². The molecule has 0 unspecified atom stereocenters. The second-order valence-corrected chi connectivity index (χ2v) is 6.63. The van der Waals surface area contributed by atoms with E-state index in [9.17, 15) is 10.1 Å². The van der Waals surface area contributed by atoms with Gasteiger partial charge in [0.05, 0.1) is 10.3 Å². The maximum atomic E-state index is 11.2. The third-order valence-electron chi connectivity index (χ3n) is 4.70. The van der Waals surface area contributed by atoms with Crippen LogP contribution in [0.3, 0.4) is 0 Å². The van der Waals surface area contributed by atoms with Crippen molar-refractivity contribution in [1.82, 2.24) is 9.88 Å². The van der Waals surface area contributed by atoms with Gasteiger partial charge in [0, 0.05) is 76.0 Å². The number of hydrogen-bond acceptors (Lipinski definition) is 6. The predicted octanol–water partition coefficient (Wildman–Crippen LogP) is 2.55. The third kappa shape index (κ3) is 3.88. The number of hydrogen-bond donors (Lipinski definition) is 0. The molecule has 1 aliphatic heterocycles. The minimum Gasteiger partial charge on any atom is -0.384 e. The molecule has 0 spiro atoms. The van der Waals surface area contributed by atoms with Crippen molar-refractivity contribution in [2.45, 2.75) is 6.92 Å². The lowest BCUT2D eigenvalue weighted by molar-refractivity contribution is -0.383. The van der Waals surface area contributed by atoms with E-state index in [4.69, 9.17) is 4.74 Å². The van der Waals surface area contributed by atoms with Gasteiger partial charge in [-0.3, -0.25) is 20.0 Å². The number of nitrogens with zero attached hydrogens (tertiary/aromatic N) is 4. The number of methoxy groups -OCH3 is 1. The van der Waals surface area contributed by atoms with Crippen molar-refractivity contribution in [3.63, 3.8) is 0 Å². The molecule has 7 heteroatoms. The van der Waals surface area contributed by atoms with Gasteiger partial charge in [0.1, 0.15) is 0 Å². The van der Waals surface area contributed by atoms with Crippen LogP contribution in [0.15, 0.2) is 30.6 Å². The van der Waals surface area contributed by atoms with E-state index in [0.29, 0.717) is 11.3 Å². The molecule has 7 nitrogen and oxygen atoms in total. The maximum Gasteiger partial charge on any atom is 0.278 e. The summed E-state index contributed by atoms with van der Waals surface area (Å²) in [5.74, 6) is 0.517. The summed E-state index contributed by atoms with van der Waals surface area (Å²) in [5.41, 5.74) is 1.16. The Morgan fingerprint density at radius 3 is 2.68 bits per heavy atom. The maximum absolute atomic E-state index is 11.2. The van der Waals surface area contributed by atoms with Crippen LogP contribution in [-0.2, 0) is 4.74 Å². The summed E-state index contributed by atoms with van der Waals surface area (Å²) in [7, 11) is 1.74. The number of non-ortho nitro benzene ring substituents is 1. The zero-order chi connectivity index (χ0) is 17.8. The minimum absolute atomic E-state index is 0.110. The minimum atomic E-state index is -0.344. The molecule has 1 aromatic heterocycles. The number of piperazine rings is 1. The number of fused-ring (bicyclic) bond motifs is 1. The first kappa shape index (κ1) is 17.6. The van der Waals surface area contributed by atoms with Crippen molar-refractivity contribution in [3.8, 4) is 0 Å². The van der Waals surface area contributed by atoms with Crippen molar-refractivity contribution in [2.75, 3.05) is 51.3 Å². The van der Waals surface area contributed by atoms with Crippen LogP contribution in [0.25, 0.3) is 10.8 Å². The number of nitro groups is 1. The van der Waals surface area contributed by atoms with Gasteiger partial charge in [0.15, 0.2) is 0 Å². The fourth-order valence-electron chi connectivity index (χ4n) is 3.54. The van der Waals surface area contributed by atoms with Gasteiger partial charge in [-0.05, 0) is 18.1 Å². The normalized spacial score (nSPS) is 17.0. The molecule has 3 rings (SSSR count). The van der Waals surface area contributed by atoms with Crippen LogP contribution in [0.2, 0.25) is 0 Å². The summed E-state index contributed by atoms with van der Waals surface area (Å²) in [6.45, 7) is 7.80. The largest absolute Gasteiger partial charge is 0.384 e. The average Bonchev–Trinajstić information content (AvgIpc) is 2.61. The summed E-state index contributed by atoms with van der Waals surface area (Å²) < 4.78 is 5.22. The molecule has 0 N–H and O–H groups in total. The summed E-state index contributed by atoms with van der Waals surface area (Å²) in [4.78, 5) is 19.7. The van der Waals surface area contributed by atoms with E-state index in [-0.39, 0.29) is 10.6 Å². The lowest BCUT2D eigenvalue weighted by atomic mass is 10.1. The highest BCUT2D eigenvalue weighted by atomic mass is 16.6. The fourth-order valence-corrected chi connectivity index (χ4v) is 3.54. The fraction of sp³-hybridized carbons (Fsp3) is 0.500. The van der Waals surface area contributed by atoms with Crippen molar-refractivity contribution in [1.29, 1.82) is 0 Å². The Bertz CT molecular complexity index is 744. The Balaban J connectivity index is 1.76. The molecule has 1 aromatic carbocycles. The zero-order valence-corrected chi connectivity index (χ0v) is 14.7. The number of ether oxygens (including phenoxy) is 1. The van der Waals surface area contributed by atoms with Crippen LogP contribution in [0.1, 0.15) is 6.92 Å². The van der Waals surface area contributed by atoms with Crippen LogP contribution in [0, 0.1) is 16.0 Å². The van der Waals surface area contributed by atoms with E-state index in [2.05, 4.69) is 21.7 Å². The van der Waals surface area contributed by atoms with Crippen LogP contribution in [-0.4, -0.2) is 61.2 Å². The first-order valence-electron chi connectivity index (χ1n) is 8.57. The van der Waals surface area contributed by atoms with Gasteiger partial charge in [-0.1, -0.05) is 6.92 Å². The molecule has 134 valence electrons. The highest BCUT2D eigenvalue weighted by Gasteiger charge is 2.22. The first-order valence-corrected chi connectivity index (χ1v) is 8.57. The predicted molar refractivity (Wildman–Crippen MR) is 98.1 cm³/mol. The molecule has 0 amide bonds. The second-order valence-electron chi connectivity index (χ2n) is 6.63. The lowest BCUT2D eigenvalue weighted by Gasteiger charge is -2.37. The van der Waals surface area contributed by atoms with Gasteiger partial charge in [0.25, 0.3) is 5.69 Å². The highest BCUT2D eigenvalue weighted by Crippen LogP contribution is 2.33. The summed E-state index contributed by atoms with van der Waals surface area (Å²) in [5, 5.41) is 12.7. The quantitative estimate of drug-likeness (QED) is 0.592. The van der Waals surface area contributed by atoms with Crippen LogP contribution >= 0.6 is 0 Å². The summed E-state index contributed by atoms with van der Waals surface area (Å²) >= 11 is 0. The number of anilines is 1. The standard InChI is InChI=1S/C18H24N4O3/c1-14(13-25-2)12-20-7-9-21(10-8-20)17-3-4-18(22(23)24)16-11-19-6-5-15(16)17/h3-6,11,14H,7-10,12-13H2,1-2H3/t14-/m0/s1. The van der Waals surface area contributed by atoms with Gasteiger partial charge in [0.2, 0.25) is 0 Å². The molecule has 0 aliphatic carbocycles. The topological polar surface area (TPSA) is 71.7 Å². The van der Waals surface area contributed by atoms with Gasteiger partial charge in [-0.15, -0.1) is 0 Å². The molecule has 1 atom stereocenters. The van der Waals surface area contributed by atoms with E-state index >= 15 is 0 Å². The van der Waals surface area contributed by atoms with Crippen LogP contribution < -0.4 is 4.90 Å². The number of nitro benzene ring substituents is 1. The van der Waals surface area contributed by atoms with Crippen LogP contribution in [0.5, 0.6) is 0 Å². The highest BCUT2D eigenvalue weighted by molar-refractivity contribution is 5.99. The molecule has 1 saturated heterocycles. The smallest absolute Gasteiger partial charge is 0.278 e. The Hall–Kier alpha value is -2.25. The van der Waals surface area contributed by atoms with E-state index in [0.717, 1.165) is 50.4 Å². The molecule has 1 aliphatic rings. The molecule has 25 heavy (non-hydrogen) atoms. The second kappa shape index (κ2) is 7.76. The monoisotopic (exact) mass is 344 g/mol. The van der Waals surface area contributed by atoms with Crippen molar-refractivity contribution in [2.24, 2.45) is 5.92 Å². The van der Waals surface area contributed by atoms with Crippen molar-refractivity contribution < 1.29 is 9.66 Å². The number of benzene rings is 1. The van der Waals surface area contributed by atoms with Crippen molar-refractivity contribution in [3.05, 3.63) is 40.7 Å². The van der Waals surface area contributed by atoms with Crippen LogP contribution in [0.4, 0.5) is 11.4 Å². The molecular weight excluding hydrogens is 320 g/mol. The number of aromatic nitrogens is 1. The van der Waals surface area contributed by atoms with E-state index in [1.54, 1.807) is 25.6 Å². The molecular formula is C18H24N4O3. The SMILES string of the molecule is COC[C@@H](C)CN1CCN(c2ccc([N+](=O)[O-])c3cnccc23)CC1. The van der Waals surface area contributed by atoms with Crippen molar-refractivity contribution >= 4 is 22.1 Å². The molecule has 0 saturated carbocycles. The zero-order valence-electron chi connectivity index (χ0n) is 14.7. The summed E-state index contributed by atoms with van der Waals surface area (Å²) in [6.07, 6.45) is 3.28. The van der Waals surface area contributed by atoms with E-state index < -0.39 is 0 Å². The Morgan fingerprint density at radius 2 is 2.00 bits per heavy atom. The molecule has 2 aromatic rings. The van der Waals surface area contributed by atoms with Gasteiger partial charge in [-0.2, -0.15) is 0 Å². The molecule has 0 bridgehead atoms. The Kier molecular flexibility index (Phi) is 5.45. The third-order valence-corrected chi connectivity index (χ3v) is 4.70. The molecule has 2 heterocycles. The van der Waals surface area contributed by atoms with E-state index in [1.165, 1.54) is 0 Å². The van der Waals surface area contributed by atoms with Gasteiger partial charge in [-0.25, -0.2) is 0 Å². The average molecular weight is 344 g/mol. The first-order chi connectivity index (χ1) is 12.1. The Labute approximate surface area is 147 Å². The van der Waals surface area contributed by atoms with Gasteiger partial charge < -0.3 is 9.64 Å². The number of rotatable bonds is 6. The molecule has 1 fully saturated rings. The summed E-state index contributed by atoms with van der Waals surface area (Å²) in [6, 6.07) is 5.32. The molecule has 0 radical (unpaired) electrons. The number of pyridine rings is 1. The Morgan fingerprint density at radius 1 is 1.24 bits per heavy atom. The van der Waals surface area contributed by atoms with Gasteiger partial charge >= 0.3 is 0 Å².